The minimum Gasteiger partial charge on any atom is -0.394 e. The maximum Gasteiger partial charge on any atom is 0.253 e. The zero-order valence-corrected chi connectivity index (χ0v) is 26.4. The molecule has 0 aliphatic rings. The Labute approximate surface area is 247 Å². The van der Waals surface area contributed by atoms with Gasteiger partial charge < -0.3 is 20.6 Å². The number of nitrogens with one attached hydrogen (secondary N) is 1. The molecule has 0 aromatic rings. The van der Waals surface area contributed by atoms with Gasteiger partial charge in [0.2, 0.25) is 0 Å². The largest absolute Gasteiger partial charge is 0.394 e. The summed E-state index contributed by atoms with van der Waals surface area (Å²) in [6, 6.07) is -0.844. The van der Waals surface area contributed by atoms with Crippen molar-refractivity contribution in [3.05, 3.63) is 36.0 Å². The van der Waals surface area contributed by atoms with Crippen LogP contribution in [0.2, 0.25) is 0 Å². The molecule has 0 aliphatic carbocycles. The van der Waals surface area contributed by atoms with Crippen molar-refractivity contribution in [3.8, 4) is 0 Å². The quantitative estimate of drug-likeness (QED) is 0.0568. The van der Waals surface area contributed by atoms with Gasteiger partial charge in [-0.05, 0) is 45.4 Å². The highest BCUT2D eigenvalue weighted by atomic mass is 16.3. The molecule has 0 spiro atoms. The predicted molar refractivity (Wildman–Crippen MR) is 171 cm³/mol. The third-order valence-electron chi connectivity index (χ3n) is 7.58. The van der Waals surface area contributed by atoms with Crippen molar-refractivity contribution in [2.24, 2.45) is 0 Å². The minimum atomic E-state index is -1.28. The number of rotatable bonds is 28. The summed E-state index contributed by atoms with van der Waals surface area (Å²) in [6.45, 7) is 6.25. The monoisotopic (exact) mass is 563 g/mol. The van der Waals surface area contributed by atoms with Crippen molar-refractivity contribution in [1.29, 1.82) is 0 Å². The third kappa shape index (κ3) is 24.4. The number of aliphatic hydroxyl groups is 3. The predicted octanol–water partition coefficient (Wildman–Crippen LogP) is 8.48. The average Bonchev–Trinajstić information content (AvgIpc) is 2.95. The number of carbonyl (C=O) groups excluding carboxylic acids is 1. The SMILES string of the molecule is CCCCCCCCCCCCCCC/C=C/[C@@H](O)C(=O)N[C@@H](CO)[C@H](O)/C=C/CC/C=C(\C)CCCCCC. The van der Waals surface area contributed by atoms with Crippen LogP contribution in [0, 0.1) is 0 Å². The summed E-state index contributed by atoms with van der Waals surface area (Å²) in [7, 11) is 0. The molecule has 5 heteroatoms. The van der Waals surface area contributed by atoms with Gasteiger partial charge in [-0.25, -0.2) is 0 Å². The lowest BCUT2D eigenvalue weighted by molar-refractivity contribution is -0.128. The van der Waals surface area contributed by atoms with Crippen molar-refractivity contribution < 1.29 is 20.1 Å². The van der Waals surface area contributed by atoms with Crippen LogP contribution in [0.3, 0.4) is 0 Å². The lowest BCUT2D eigenvalue weighted by atomic mass is 10.0. The second-order valence-electron chi connectivity index (χ2n) is 11.6. The number of aliphatic hydroxyl groups excluding tert-OH is 3. The number of amides is 1. The Bertz CT molecular complexity index is 658. The van der Waals surface area contributed by atoms with E-state index >= 15 is 0 Å². The fourth-order valence-corrected chi connectivity index (χ4v) is 4.83. The number of unbranched alkanes of at least 4 members (excludes halogenated alkanes) is 17. The first kappa shape index (κ1) is 38.6. The van der Waals surface area contributed by atoms with E-state index in [0.717, 1.165) is 32.1 Å². The lowest BCUT2D eigenvalue weighted by Gasteiger charge is -2.20. The molecule has 0 aromatic carbocycles. The van der Waals surface area contributed by atoms with Gasteiger partial charge in [0.15, 0.2) is 6.10 Å². The van der Waals surface area contributed by atoms with Crippen molar-refractivity contribution >= 4 is 5.91 Å². The van der Waals surface area contributed by atoms with Crippen LogP contribution in [0.1, 0.15) is 156 Å². The molecule has 0 bridgehead atoms. The maximum atomic E-state index is 12.3. The van der Waals surface area contributed by atoms with Crippen LogP contribution in [0.5, 0.6) is 0 Å². The average molecular weight is 564 g/mol. The van der Waals surface area contributed by atoms with E-state index in [9.17, 15) is 20.1 Å². The van der Waals surface area contributed by atoms with E-state index in [0.29, 0.717) is 0 Å². The molecule has 0 aromatic heterocycles. The topological polar surface area (TPSA) is 89.8 Å². The van der Waals surface area contributed by atoms with Crippen molar-refractivity contribution in [1.82, 2.24) is 5.32 Å². The summed E-state index contributed by atoms with van der Waals surface area (Å²) in [5.74, 6) is -0.602. The number of hydrogen-bond acceptors (Lipinski definition) is 4. The summed E-state index contributed by atoms with van der Waals surface area (Å²) in [6.07, 6.45) is 32.6. The Balaban J connectivity index is 3.97. The molecule has 0 radical (unpaired) electrons. The maximum absolute atomic E-state index is 12.3. The number of carbonyl (C=O) groups is 1. The second kappa shape index (κ2) is 29.1. The molecule has 0 saturated heterocycles. The fraction of sp³-hybridized carbons (Fsp3) is 0.800. The van der Waals surface area contributed by atoms with Crippen LogP contribution in [-0.2, 0) is 4.79 Å². The zero-order chi connectivity index (χ0) is 29.7. The highest BCUT2D eigenvalue weighted by Crippen LogP contribution is 2.14. The summed E-state index contributed by atoms with van der Waals surface area (Å²) in [5, 5.41) is 32.7. The summed E-state index contributed by atoms with van der Waals surface area (Å²) in [4.78, 5) is 12.3. The molecule has 0 unspecified atom stereocenters. The van der Waals surface area contributed by atoms with E-state index in [1.807, 2.05) is 12.2 Å². The van der Waals surface area contributed by atoms with Crippen LogP contribution in [0.15, 0.2) is 36.0 Å². The molecule has 5 nitrogen and oxygen atoms in total. The fourth-order valence-electron chi connectivity index (χ4n) is 4.83. The van der Waals surface area contributed by atoms with Crippen LogP contribution in [0.25, 0.3) is 0 Å². The Hall–Kier alpha value is -1.43. The van der Waals surface area contributed by atoms with E-state index in [4.69, 9.17) is 0 Å². The van der Waals surface area contributed by atoms with E-state index in [-0.39, 0.29) is 0 Å². The van der Waals surface area contributed by atoms with E-state index in [2.05, 4.69) is 32.2 Å². The molecule has 4 N–H and O–H groups in total. The first-order valence-corrected chi connectivity index (χ1v) is 16.7. The van der Waals surface area contributed by atoms with Crippen LogP contribution in [-0.4, -0.2) is 46.1 Å². The van der Waals surface area contributed by atoms with Crippen LogP contribution >= 0.6 is 0 Å². The number of hydrogen-bond donors (Lipinski definition) is 4. The van der Waals surface area contributed by atoms with Gasteiger partial charge in [-0.2, -0.15) is 0 Å². The zero-order valence-electron chi connectivity index (χ0n) is 26.4. The third-order valence-corrected chi connectivity index (χ3v) is 7.58. The summed E-state index contributed by atoms with van der Waals surface area (Å²) in [5.41, 5.74) is 1.40. The van der Waals surface area contributed by atoms with Crippen molar-refractivity contribution in [2.75, 3.05) is 6.61 Å². The highest BCUT2D eigenvalue weighted by Gasteiger charge is 2.21. The van der Waals surface area contributed by atoms with Crippen LogP contribution in [0.4, 0.5) is 0 Å². The first-order chi connectivity index (χ1) is 19.5. The molecular formula is C35H65NO4. The smallest absolute Gasteiger partial charge is 0.253 e. The molecule has 3 atom stereocenters. The Morgan fingerprint density at radius 1 is 0.675 bits per heavy atom. The van der Waals surface area contributed by atoms with Gasteiger partial charge in [-0.15, -0.1) is 0 Å². The second-order valence-corrected chi connectivity index (χ2v) is 11.6. The standard InChI is InChI=1S/C35H65NO4/c1-4-6-8-10-11-12-13-14-15-16-17-18-19-20-24-29-34(39)35(40)36-32(30-37)33(38)28-25-21-23-27-31(3)26-22-9-7-5-2/h24-25,27-29,32-34,37-39H,4-23,26,30H2,1-3H3,(H,36,40)/b28-25+,29-24+,31-27+/t32-,33+,34+/m0/s1. The molecule has 0 fully saturated rings. The van der Waals surface area contributed by atoms with Crippen molar-refractivity contribution in [2.45, 2.75) is 174 Å². The Kier molecular flexibility index (Phi) is 28.0. The molecular weight excluding hydrogens is 498 g/mol. The van der Waals surface area contributed by atoms with Gasteiger partial charge in [0, 0.05) is 0 Å². The Morgan fingerprint density at radius 2 is 1.18 bits per heavy atom. The molecule has 0 saturated carbocycles. The minimum absolute atomic E-state index is 0.399. The van der Waals surface area contributed by atoms with Gasteiger partial charge in [0.05, 0.1) is 18.8 Å². The summed E-state index contributed by atoms with van der Waals surface area (Å²) >= 11 is 0. The van der Waals surface area contributed by atoms with Gasteiger partial charge in [-0.3, -0.25) is 4.79 Å². The molecule has 1 amide bonds. The molecule has 0 rings (SSSR count). The normalized spacial score (nSPS) is 14.7. The van der Waals surface area contributed by atoms with E-state index in [1.54, 1.807) is 6.08 Å². The van der Waals surface area contributed by atoms with Gasteiger partial charge >= 0.3 is 0 Å². The molecule has 234 valence electrons. The van der Waals surface area contributed by atoms with Gasteiger partial charge in [0.25, 0.3) is 5.91 Å². The number of allylic oxidation sites excluding steroid dienone is 4. The summed E-state index contributed by atoms with van der Waals surface area (Å²) < 4.78 is 0. The van der Waals surface area contributed by atoms with Gasteiger partial charge in [0.1, 0.15) is 0 Å². The Morgan fingerprint density at radius 3 is 1.73 bits per heavy atom. The molecule has 0 aliphatic heterocycles. The molecule has 0 heterocycles. The van der Waals surface area contributed by atoms with Crippen LogP contribution < -0.4 is 5.32 Å². The van der Waals surface area contributed by atoms with E-state index in [1.165, 1.54) is 114 Å². The first-order valence-electron chi connectivity index (χ1n) is 16.7. The van der Waals surface area contributed by atoms with Gasteiger partial charge in [-0.1, -0.05) is 146 Å². The van der Waals surface area contributed by atoms with Crippen molar-refractivity contribution in [3.63, 3.8) is 0 Å². The lowest BCUT2D eigenvalue weighted by Crippen LogP contribution is -2.48. The van der Waals surface area contributed by atoms with E-state index < -0.39 is 30.8 Å². The molecule has 40 heavy (non-hydrogen) atoms. The highest BCUT2D eigenvalue weighted by molar-refractivity contribution is 5.82.